The highest BCUT2D eigenvalue weighted by atomic mass is 19.4. The molecule has 0 fully saturated rings. The number of halogens is 3. The summed E-state index contributed by atoms with van der Waals surface area (Å²) in [4.78, 5) is 26.3. The molecule has 0 radical (unpaired) electrons. The van der Waals surface area contributed by atoms with Gasteiger partial charge in [-0.1, -0.05) is 60.2 Å². The lowest BCUT2D eigenvalue weighted by molar-refractivity contribution is -0.149. The second-order valence-corrected chi connectivity index (χ2v) is 9.46. The van der Waals surface area contributed by atoms with Gasteiger partial charge in [-0.15, -0.1) is 0 Å². The van der Waals surface area contributed by atoms with E-state index in [1.807, 2.05) is 43.0 Å². The number of carbonyl (C=O) groups is 2. The second-order valence-electron chi connectivity index (χ2n) is 9.46. The maximum absolute atomic E-state index is 13.6. The molecule has 1 heterocycles. The van der Waals surface area contributed by atoms with Gasteiger partial charge in [-0.3, -0.25) is 4.79 Å². The predicted molar refractivity (Wildman–Crippen MR) is 134 cm³/mol. The molecule has 1 aliphatic rings. The van der Waals surface area contributed by atoms with Crippen molar-refractivity contribution in [3.63, 3.8) is 0 Å². The molecule has 2 unspecified atom stereocenters. The first-order valence-electron chi connectivity index (χ1n) is 12.0. The van der Waals surface area contributed by atoms with E-state index in [0.29, 0.717) is 23.4 Å². The number of ketones is 1. The minimum absolute atomic E-state index is 0.124. The van der Waals surface area contributed by atoms with E-state index in [9.17, 15) is 22.8 Å². The summed E-state index contributed by atoms with van der Waals surface area (Å²) in [5.41, 5.74) is 3.38. The van der Waals surface area contributed by atoms with Crippen molar-refractivity contribution < 1.29 is 32.6 Å². The van der Waals surface area contributed by atoms with Crippen LogP contribution in [0.1, 0.15) is 57.9 Å². The van der Waals surface area contributed by atoms with E-state index >= 15 is 0 Å². The van der Waals surface area contributed by atoms with Crippen LogP contribution in [0.2, 0.25) is 0 Å². The van der Waals surface area contributed by atoms with E-state index in [1.165, 1.54) is 13.0 Å². The number of ether oxygens (including phenoxy) is 1. The number of fused-ring (bicyclic) bond motifs is 1. The quantitative estimate of drug-likeness (QED) is 0.356. The van der Waals surface area contributed by atoms with Crippen LogP contribution < -0.4 is 4.90 Å². The van der Waals surface area contributed by atoms with Gasteiger partial charge in [0.2, 0.25) is 0 Å². The summed E-state index contributed by atoms with van der Waals surface area (Å²) in [5, 5.41) is 8.96. The third kappa shape index (κ3) is 5.69. The molecule has 0 aromatic heterocycles. The zero-order chi connectivity index (χ0) is 26.9. The van der Waals surface area contributed by atoms with Gasteiger partial charge in [0, 0.05) is 23.8 Å². The fourth-order valence-corrected chi connectivity index (χ4v) is 4.61. The number of alkyl halides is 3. The molecular weight excluding hydrogens is 483 g/mol. The van der Waals surface area contributed by atoms with Crippen LogP contribution in [-0.4, -0.2) is 29.0 Å². The average molecular weight is 512 g/mol. The van der Waals surface area contributed by atoms with Gasteiger partial charge in [0.25, 0.3) is 0 Å². The normalized spacial score (nSPS) is 17.9. The highest BCUT2D eigenvalue weighted by Crippen LogP contribution is 2.45. The summed E-state index contributed by atoms with van der Waals surface area (Å²) in [6, 6.07) is 17.7. The van der Waals surface area contributed by atoms with Crippen molar-refractivity contribution in [1.29, 1.82) is 0 Å². The molecule has 0 amide bonds. The maximum atomic E-state index is 13.6. The Morgan fingerprint density at radius 2 is 1.62 bits per heavy atom. The summed E-state index contributed by atoms with van der Waals surface area (Å²) in [7, 11) is 0. The van der Waals surface area contributed by atoms with Gasteiger partial charge in [-0.25, -0.2) is 4.79 Å². The van der Waals surface area contributed by atoms with E-state index in [4.69, 9.17) is 9.84 Å². The Balaban J connectivity index is 1.62. The number of nitrogens with zero attached hydrogens (tertiary/aromatic N) is 1. The third-order valence-electron chi connectivity index (χ3n) is 6.82. The number of rotatable bonds is 8. The Bertz CT molecular complexity index is 1290. The lowest BCUT2D eigenvalue weighted by atomic mass is 9.87. The van der Waals surface area contributed by atoms with Gasteiger partial charge in [-0.2, -0.15) is 13.2 Å². The molecule has 0 saturated carbocycles. The summed E-state index contributed by atoms with van der Waals surface area (Å²) >= 11 is 0. The largest absolute Gasteiger partial charge is 0.479 e. The van der Waals surface area contributed by atoms with Crippen LogP contribution in [0, 0.1) is 6.92 Å². The SMILES string of the molecule is Cc1ccc(C(=O)C2c3ccc(C(F)(F)F)cc3N(Cc3ccc(CO[C@H](C)C(=O)O)cc3)C2C)cc1. The average Bonchev–Trinajstić information content (AvgIpc) is 3.13. The summed E-state index contributed by atoms with van der Waals surface area (Å²) in [5.74, 6) is -1.78. The molecule has 1 aliphatic heterocycles. The van der Waals surface area contributed by atoms with Crippen molar-refractivity contribution in [2.24, 2.45) is 0 Å². The zero-order valence-corrected chi connectivity index (χ0v) is 20.8. The lowest BCUT2D eigenvalue weighted by Gasteiger charge is -2.27. The molecule has 0 saturated heterocycles. The van der Waals surface area contributed by atoms with Crippen molar-refractivity contribution in [3.8, 4) is 0 Å². The first-order chi connectivity index (χ1) is 17.5. The lowest BCUT2D eigenvalue weighted by Crippen LogP contribution is -2.34. The smallest absolute Gasteiger partial charge is 0.416 e. The molecule has 0 aliphatic carbocycles. The maximum Gasteiger partial charge on any atom is 0.416 e. The van der Waals surface area contributed by atoms with E-state index in [2.05, 4.69) is 0 Å². The zero-order valence-electron chi connectivity index (χ0n) is 20.8. The number of hydrogen-bond donors (Lipinski definition) is 1. The van der Waals surface area contributed by atoms with Crippen LogP contribution in [-0.2, 0) is 28.9 Å². The Hall–Kier alpha value is -3.65. The number of Topliss-reactive ketones (excluding diaryl/α,β-unsaturated/α-hetero) is 1. The molecular formula is C29H28F3NO4. The molecule has 1 N–H and O–H groups in total. The summed E-state index contributed by atoms with van der Waals surface area (Å²) in [6.45, 7) is 5.66. The van der Waals surface area contributed by atoms with Crippen LogP contribution >= 0.6 is 0 Å². The Labute approximate surface area is 213 Å². The molecule has 0 spiro atoms. The Kier molecular flexibility index (Phi) is 7.41. The second kappa shape index (κ2) is 10.4. The fraction of sp³-hybridized carbons (Fsp3) is 0.310. The van der Waals surface area contributed by atoms with Gasteiger partial charge >= 0.3 is 12.1 Å². The molecule has 5 nitrogen and oxygen atoms in total. The van der Waals surface area contributed by atoms with Crippen molar-refractivity contribution in [1.82, 2.24) is 0 Å². The molecule has 4 rings (SSSR count). The number of anilines is 1. The number of hydrogen-bond acceptors (Lipinski definition) is 4. The van der Waals surface area contributed by atoms with E-state index in [-0.39, 0.29) is 18.4 Å². The first-order valence-corrected chi connectivity index (χ1v) is 12.0. The number of carboxylic acids is 1. The fourth-order valence-electron chi connectivity index (χ4n) is 4.61. The van der Waals surface area contributed by atoms with E-state index in [0.717, 1.165) is 28.8 Å². The van der Waals surface area contributed by atoms with Gasteiger partial charge in [0.1, 0.15) is 0 Å². The number of carboxylic acid groups (broad SMARTS) is 1. The van der Waals surface area contributed by atoms with Gasteiger partial charge in [0.15, 0.2) is 11.9 Å². The summed E-state index contributed by atoms with van der Waals surface area (Å²) < 4.78 is 46.0. The monoisotopic (exact) mass is 511 g/mol. The van der Waals surface area contributed by atoms with Crippen molar-refractivity contribution in [2.45, 2.75) is 58.2 Å². The third-order valence-corrected chi connectivity index (χ3v) is 6.82. The van der Waals surface area contributed by atoms with Crippen molar-refractivity contribution in [3.05, 3.63) is 100 Å². The number of aliphatic carboxylic acids is 1. The van der Waals surface area contributed by atoms with Gasteiger partial charge < -0.3 is 14.7 Å². The number of carbonyl (C=O) groups excluding carboxylic acids is 1. The molecule has 3 aromatic rings. The highest BCUT2D eigenvalue weighted by molar-refractivity contribution is 6.03. The Morgan fingerprint density at radius 1 is 1.00 bits per heavy atom. The first kappa shape index (κ1) is 26.4. The van der Waals surface area contributed by atoms with Crippen molar-refractivity contribution in [2.75, 3.05) is 4.90 Å². The molecule has 8 heteroatoms. The van der Waals surface area contributed by atoms with Crippen molar-refractivity contribution >= 4 is 17.4 Å². The van der Waals surface area contributed by atoms with E-state index in [1.54, 1.807) is 24.3 Å². The van der Waals surface area contributed by atoms with Crippen LogP contribution in [0.3, 0.4) is 0 Å². The van der Waals surface area contributed by atoms with Gasteiger partial charge in [0.05, 0.1) is 18.1 Å². The molecule has 3 aromatic carbocycles. The molecule has 3 atom stereocenters. The van der Waals surface area contributed by atoms with Crippen LogP contribution in [0.4, 0.5) is 18.9 Å². The summed E-state index contributed by atoms with van der Waals surface area (Å²) in [6.07, 6.45) is -5.44. The minimum Gasteiger partial charge on any atom is -0.479 e. The number of aryl methyl sites for hydroxylation is 1. The van der Waals surface area contributed by atoms with Crippen LogP contribution in [0.5, 0.6) is 0 Å². The predicted octanol–water partition coefficient (Wildman–Crippen LogP) is 6.38. The molecule has 0 bridgehead atoms. The topological polar surface area (TPSA) is 66.8 Å². The Morgan fingerprint density at radius 3 is 2.22 bits per heavy atom. The van der Waals surface area contributed by atoms with E-state index < -0.39 is 29.7 Å². The standard InChI is InChI=1S/C29H28F3NO4/c1-17-4-10-22(11-5-17)27(34)26-18(2)33(25-14-23(29(30,31)32)12-13-24(25)26)15-20-6-8-21(9-7-20)16-37-19(3)28(35)36/h4-14,18-19,26H,15-16H2,1-3H3,(H,35,36)/t18?,19-,26?/m1/s1. The van der Waals surface area contributed by atoms with Crippen LogP contribution in [0.15, 0.2) is 66.7 Å². The molecule has 37 heavy (non-hydrogen) atoms. The van der Waals surface area contributed by atoms with Gasteiger partial charge in [-0.05, 0) is 49.6 Å². The number of benzene rings is 3. The minimum atomic E-state index is -4.50. The molecule has 194 valence electrons. The van der Waals surface area contributed by atoms with Crippen LogP contribution in [0.25, 0.3) is 0 Å². The highest BCUT2D eigenvalue weighted by Gasteiger charge is 2.42.